The highest BCUT2D eigenvalue weighted by atomic mass is 19.1. The number of aromatic nitrogens is 1. The van der Waals surface area contributed by atoms with Crippen LogP contribution in [0, 0.1) is 5.82 Å². The minimum atomic E-state index is -0.178. The topological polar surface area (TPSA) is 45.0 Å². The molecule has 3 N–H and O–H groups in total. The van der Waals surface area contributed by atoms with Crippen LogP contribution in [0.5, 0.6) is 0 Å². The number of nitrogens with two attached hydrogens (primary N) is 1. The van der Waals surface area contributed by atoms with Crippen molar-refractivity contribution in [1.29, 1.82) is 0 Å². The molecule has 1 aliphatic heterocycles. The third-order valence-corrected chi connectivity index (χ3v) is 4.38. The molecule has 0 amide bonds. The van der Waals surface area contributed by atoms with Crippen molar-refractivity contribution in [2.75, 3.05) is 26.2 Å². The summed E-state index contributed by atoms with van der Waals surface area (Å²) in [6, 6.07) is 5.03. The summed E-state index contributed by atoms with van der Waals surface area (Å²) < 4.78 is 13.2. The number of fused-ring (bicyclic) bond motifs is 1. The number of halogens is 1. The Morgan fingerprint density at radius 2 is 2.10 bits per heavy atom. The second kappa shape index (κ2) is 5.94. The highest BCUT2D eigenvalue weighted by Crippen LogP contribution is 2.33. The van der Waals surface area contributed by atoms with Gasteiger partial charge in [-0.2, -0.15) is 0 Å². The van der Waals surface area contributed by atoms with Gasteiger partial charge in [0.25, 0.3) is 0 Å². The van der Waals surface area contributed by atoms with E-state index in [4.69, 9.17) is 5.73 Å². The molecule has 0 spiro atoms. The third-order valence-electron chi connectivity index (χ3n) is 4.38. The van der Waals surface area contributed by atoms with E-state index < -0.39 is 0 Å². The fourth-order valence-electron chi connectivity index (χ4n) is 3.24. The molecule has 3 nitrogen and oxygen atoms in total. The fourth-order valence-corrected chi connectivity index (χ4v) is 3.24. The zero-order valence-corrected chi connectivity index (χ0v) is 11.7. The van der Waals surface area contributed by atoms with Gasteiger partial charge in [0.1, 0.15) is 5.82 Å². The maximum absolute atomic E-state index is 13.2. The lowest BCUT2D eigenvalue weighted by Gasteiger charge is -2.31. The van der Waals surface area contributed by atoms with E-state index in [1.165, 1.54) is 23.8 Å². The molecule has 0 radical (unpaired) electrons. The Morgan fingerprint density at radius 1 is 1.30 bits per heavy atom. The second-order valence-electron chi connectivity index (χ2n) is 5.69. The number of piperidine rings is 1. The van der Waals surface area contributed by atoms with Crippen molar-refractivity contribution in [3.63, 3.8) is 0 Å². The van der Waals surface area contributed by atoms with Crippen molar-refractivity contribution < 1.29 is 4.39 Å². The smallest absolute Gasteiger partial charge is 0.125 e. The highest BCUT2D eigenvalue weighted by Gasteiger charge is 2.22. The summed E-state index contributed by atoms with van der Waals surface area (Å²) in [4.78, 5) is 5.70. The second-order valence-corrected chi connectivity index (χ2v) is 5.69. The Bertz CT molecular complexity index is 570. The molecule has 0 saturated carbocycles. The van der Waals surface area contributed by atoms with Crippen molar-refractivity contribution in [2.45, 2.75) is 25.2 Å². The quantitative estimate of drug-likeness (QED) is 0.901. The minimum Gasteiger partial charge on any atom is -0.361 e. The lowest BCUT2D eigenvalue weighted by Crippen LogP contribution is -2.34. The molecular weight excluding hydrogens is 253 g/mol. The Hall–Kier alpha value is -1.39. The van der Waals surface area contributed by atoms with Crippen LogP contribution in [0.1, 0.15) is 30.7 Å². The number of nitrogens with zero attached hydrogens (tertiary/aromatic N) is 1. The summed E-state index contributed by atoms with van der Waals surface area (Å²) in [5, 5.41) is 1.17. The molecule has 108 valence electrons. The van der Waals surface area contributed by atoms with E-state index in [1.54, 1.807) is 12.1 Å². The maximum atomic E-state index is 13.2. The van der Waals surface area contributed by atoms with Crippen molar-refractivity contribution in [3.8, 4) is 0 Å². The van der Waals surface area contributed by atoms with Gasteiger partial charge in [0.2, 0.25) is 0 Å². The van der Waals surface area contributed by atoms with Crippen molar-refractivity contribution in [1.82, 2.24) is 9.88 Å². The summed E-state index contributed by atoms with van der Waals surface area (Å²) in [7, 11) is 0. The van der Waals surface area contributed by atoms with Crippen LogP contribution in [-0.4, -0.2) is 36.1 Å². The van der Waals surface area contributed by atoms with Crippen LogP contribution >= 0.6 is 0 Å². The van der Waals surface area contributed by atoms with Crippen LogP contribution < -0.4 is 5.73 Å². The average molecular weight is 275 g/mol. The van der Waals surface area contributed by atoms with Gasteiger partial charge < -0.3 is 15.6 Å². The molecular formula is C16H22FN3. The molecule has 1 aliphatic rings. The number of hydrogen-bond acceptors (Lipinski definition) is 2. The van der Waals surface area contributed by atoms with E-state index in [9.17, 15) is 4.39 Å². The van der Waals surface area contributed by atoms with Gasteiger partial charge in [0, 0.05) is 17.1 Å². The molecule has 0 atom stereocenters. The van der Waals surface area contributed by atoms with Gasteiger partial charge in [-0.25, -0.2) is 4.39 Å². The normalized spacial score (nSPS) is 17.9. The molecule has 1 saturated heterocycles. The lowest BCUT2D eigenvalue weighted by atomic mass is 9.89. The van der Waals surface area contributed by atoms with Crippen LogP contribution in [0.15, 0.2) is 24.4 Å². The van der Waals surface area contributed by atoms with Gasteiger partial charge in [-0.05, 0) is 75.1 Å². The molecule has 2 aromatic rings. The minimum absolute atomic E-state index is 0.178. The average Bonchev–Trinajstić information content (AvgIpc) is 2.88. The standard InChI is InChI=1S/C16H22FN3/c17-13-2-3-14-15(11-19-16(14)10-13)12-4-8-20(9-5-12)7-1-6-18/h2-3,10-12,19H,1,4-9,18H2. The molecule has 1 fully saturated rings. The van der Waals surface area contributed by atoms with Crippen molar-refractivity contribution >= 4 is 10.9 Å². The Labute approximate surface area is 119 Å². The van der Waals surface area contributed by atoms with E-state index >= 15 is 0 Å². The SMILES string of the molecule is NCCCN1CCC(c2c[nH]c3cc(F)ccc23)CC1. The number of hydrogen-bond donors (Lipinski definition) is 2. The van der Waals surface area contributed by atoms with Crippen LogP contribution in [0.2, 0.25) is 0 Å². The fraction of sp³-hybridized carbons (Fsp3) is 0.500. The molecule has 20 heavy (non-hydrogen) atoms. The maximum Gasteiger partial charge on any atom is 0.125 e. The van der Waals surface area contributed by atoms with Crippen LogP contribution in [0.3, 0.4) is 0 Å². The summed E-state index contributed by atoms with van der Waals surface area (Å²) >= 11 is 0. The number of H-pyrrole nitrogens is 1. The molecule has 4 heteroatoms. The van der Waals surface area contributed by atoms with E-state index in [0.29, 0.717) is 5.92 Å². The molecule has 3 rings (SSSR count). The Morgan fingerprint density at radius 3 is 2.85 bits per heavy atom. The largest absolute Gasteiger partial charge is 0.361 e. The predicted octanol–water partition coefficient (Wildman–Crippen LogP) is 2.84. The number of likely N-dealkylation sites (tertiary alicyclic amines) is 1. The number of benzene rings is 1. The highest BCUT2D eigenvalue weighted by molar-refractivity contribution is 5.83. The molecule has 2 heterocycles. The summed E-state index contributed by atoms with van der Waals surface area (Å²) in [5.41, 5.74) is 7.82. The van der Waals surface area contributed by atoms with Crippen LogP contribution in [-0.2, 0) is 0 Å². The van der Waals surface area contributed by atoms with Gasteiger partial charge in [-0.15, -0.1) is 0 Å². The summed E-state index contributed by atoms with van der Waals surface area (Å²) in [6.45, 7) is 4.16. The molecule has 1 aromatic carbocycles. The molecule has 0 unspecified atom stereocenters. The van der Waals surface area contributed by atoms with Gasteiger partial charge >= 0.3 is 0 Å². The molecule has 0 aliphatic carbocycles. The van der Waals surface area contributed by atoms with E-state index in [0.717, 1.165) is 38.1 Å². The van der Waals surface area contributed by atoms with Gasteiger partial charge in [0.05, 0.1) is 0 Å². The summed E-state index contributed by atoms with van der Waals surface area (Å²) in [5.74, 6) is 0.408. The zero-order valence-electron chi connectivity index (χ0n) is 11.7. The molecule has 0 bridgehead atoms. The first kappa shape index (κ1) is 13.6. The number of rotatable bonds is 4. The van der Waals surface area contributed by atoms with E-state index in [2.05, 4.69) is 16.1 Å². The Balaban J connectivity index is 1.70. The zero-order chi connectivity index (χ0) is 13.9. The number of nitrogens with one attached hydrogen (secondary N) is 1. The lowest BCUT2D eigenvalue weighted by molar-refractivity contribution is 0.212. The van der Waals surface area contributed by atoms with Gasteiger partial charge in [-0.3, -0.25) is 0 Å². The first-order valence-electron chi connectivity index (χ1n) is 7.47. The van der Waals surface area contributed by atoms with E-state index in [1.807, 2.05) is 6.07 Å². The van der Waals surface area contributed by atoms with Gasteiger partial charge in [0.15, 0.2) is 0 Å². The van der Waals surface area contributed by atoms with Crippen molar-refractivity contribution in [2.24, 2.45) is 5.73 Å². The Kier molecular flexibility index (Phi) is 4.03. The van der Waals surface area contributed by atoms with E-state index in [-0.39, 0.29) is 5.82 Å². The molecule has 1 aromatic heterocycles. The first-order valence-corrected chi connectivity index (χ1v) is 7.47. The third kappa shape index (κ3) is 2.72. The van der Waals surface area contributed by atoms with Crippen molar-refractivity contribution in [3.05, 3.63) is 35.8 Å². The predicted molar refractivity (Wildman–Crippen MR) is 80.3 cm³/mol. The number of aromatic amines is 1. The van der Waals surface area contributed by atoms with Crippen LogP contribution in [0.25, 0.3) is 10.9 Å². The van der Waals surface area contributed by atoms with Crippen LogP contribution in [0.4, 0.5) is 4.39 Å². The first-order chi connectivity index (χ1) is 9.78. The summed E-state index contributed by atoms with van der Waals surface area (Å²) in [6.07, 6.45) is 5.49. The monoisotopic (exact) mass is 275 g/mol. The van der Waals surface area contributed by atoms with Gasteiger partial charge in [-0.1, -0.05) is 0 Å².